The number of benzene rings is 1. The molecule has 1 aromatic heterocycles. The molecule has 2 aliphatic rings. The van der Waals surface area contributed by atoms with Crippen LogP contribution in [0.5, 0.6) is 0 Å². The highest BCUT2D eigenvalue weighted by Gasteiger charge is 2.48. The molecular formula is C22H27ClN4O2. The van der Waals surface area contributed by atoms with E-state index in [0.717, 1.165) is 43.3 Å². The lowest BCUT2D eigenvalue weighted by Crippen LogP contribution is -2.41. The predicted octanol–water partition coefficient (Wildman–Crippen LogP) is 4.99. The molecule has 1 aliphatic heterocycles. The van der Waals surface area contributed by atoms with E-state index in [1.807, 2.05) is 11.0 Å². The molecule has 2 aromatic rings. The molecule has 1 aliphatic carbocycles. The Morgan fingerprint density at radius 1 is 1.41 bits per heavy atom. The lowest BCUT2D eigenvalue weighted by molar-refractivity contribution is 0.00413. The molecule has 7 heteroatoms. The molecule has 154 valence electrons. The summed E-state index contributed by atoms with van der Waals surface area (Å²) in [4.78, 5) is 18.8. The van der Waals surface area contributed by atoms with E-state index in [-0.39, 0.29) is 17.1 Å². The second-order valence-electron chi connectivity index (χ2n) is 9.76. The summed E-state index contributed by atoms with van der Waals surface area (Å²) in [5.41, 5.74) is 1.81. The average molecular weight is 415 g/mol. The number of carbonyl (C=O) groups excluding carboxylic acids is 1. The minimum Gasteiger partial charge on any atom is -0.441 e. The Morgan fingerprint density at radius 3 is 2.93 bits per heavy atom. The van der Waals surface area contributed by atoms with Crippen LogP contribution in [0.1, 0.15) is 52.0 Å². The van der Waals surface area contributed by atoms with E-state index in [1.165, 1.54) is 0 Å². The molecule has 2 unspecified atom stereocenters. The SMILES string of the molecule is CC(C)(C)CN1CC2(CCCC(Cn3cnc4c(Cl)cc(C#N)cc43)C2)OC1=O. The highest BCUT2D eigenvalue weighted by atomic mass is 35.5. The number of aromatic nitrogens is 2. The minimum absolute atomic E-state index is 0.0477. The third-order valence-corrected chi connectivity index (χ3v) is 6.16. The van der Waals surface area contributed by atoms with Crippen LogP contribution in [0, 0.1) is 22.7 Å². The van der Waals surface area contributed by atoms with Gasteiger partial charge in [-0.05, 0) is 49.1 Å². The summed E-state index contributed by atoms with van der Waals surface area (Å²) >= 11 is 6.29. The van der Waals surface area contributed by atoms with E-state index in [1.54, 1.807) is 12.4 Å². The topological polar surface area (TPSA) is 71.2 Å². The number of hydrogen-bond acceptors (Lipinski definition) is 4. The van der Waals surface area contributed by atoms with Crippen LogP contribution in [0.4, 0.5) is 4.79 Å². The first-order valence-electron chi connectivity index (χ1n) is 10.2. The molecule has 1 aromatic carbocycles. The first-order valence-corrected chi connectivity index (χ1v) is 10.6. The summed E-state index contributed by atoms with van der Waals surface area (Å²) < 4.78 is 8.02. The van der Waals surface area contributed by atoms with Crippen LogP contribution in [0.2, 0.25) is 5.02 Å². The number of halogens is 1. The van der Waals surface area contributed by atoms with Crippen molar-refractivity contribution in [3.63, 3.8) is 0 Å². The molecule has 0 radical (unpaired) electrons. The van der Waals surface area contributed by atoms with Crippen LogP contribution in [-0.4, -0.2) is 39.2 Å². The smallest absolute Gasteiger partial charge is 0.410 e. The Labute approximate surface area is 176 Å². The maximum atomic E-state index is 12.5. The molecular weight excluding hydrogens is 388 g/mol. The van der Waals surface area contributed by atoms with E-state index in [2.05, 4.69) is 36.4 Å². The van der Waals surface area contributed by atoms with Crippen molar-refractivity contribution in [2.75, 3.05) is 13.1 Å². The number of imidazole rings is 1. The van der Waals surface area contributed by atoms with E-state index in [4.69, 9.17) is 16.3 Å². The van der Waals surface area contributed by atoms with Gasteiger partial charge in [-0.15, -0.1) is 0 Å². The predicted molar refractivity (Wildman–Crippen MR) is 112 cm³/mol. The van der Waals surface area contributed by atoms with Gasteiger partial charge < -0.3 is 14.2 Å². The summed E-state index contributed by atoms with van der Waals surface area (Å²) in [6, 6.07) is 5.65. The Balaban J connectivity index is 1.52. The molecule has 4 rings (SSSR count). The van der Waals surface area contributed by atoms with Crippen molar-refractivity contribution in [2.45, 2.75) is 58.6 Å². The van der Waals surface area contributed by atoms with Crippen molar-refractivity contribution < 1.29 is 9.53 Å². The maximum Gasteiger partial charge on any atom is 0.410 e. The van der Waals surface area contributed by atoms with Gasteiger partial charge >= 0.3 is 6.09 Å². The number of ether oxygens (including phenoxy) is 1. The van der Waals surface area contributed by atoms with Crippen LogP contribution in [0.15, 0.2) is 18.5 Å². The standard InChI is InChI=1S/C22H27ClN4O2/c1-21(2,3)12-27-13-22(29-20(27)28)6-4-5-15(9-22)11-26-14-25-19-17(23)7-16(10-24)8-18(19)26/h7-8,14-15H,4-6,9,11-13H2,1-3H3. The monoisotopic (exact) mass is 414 g/mol. The van der Waals surface area contributed by atoms with Crippen LogP contribution in [0.3, 0.4) is 0 Å². The normalized spacial score (nSPS) is 24.9. The minimum atomic E-state index is -0.378. The van der Waals surface area contributed by atoms with E-state index >= 15 is 0 Å². The Bertz CT molecular complexity index is 987. The molecule has 6 nitrogen and oxygen atoms in total. The molecule has 0 N–H and O–H groups in total. The zero-order valence-corrected chi connectivity index (χ0v) is 18.0. The quantitative estimate of drug-likeness (QED) is 0.709. The third kappa shape index (κ3) is 4.06. The van der Waals surface area contributed by atoms with E-state index in [0.29, 0.717) is 29.6 Å². The number of nitrogens with zero attached hydrogens (tertiary/aromatic N) is 4. The number of carbonyl (C=O) groups is 1. The molecule has 2 heterocycles. The Morgan fingerprint density at radius 2 is 2.21 bits per heavy atom. The lowest BCUT2D eigenvalue weighted by atomic mass is 9.77. The van der Waals surface area contributed by atoms with Gasteiger partial charge in [0.15, 0.2) is 0 Å². The van der Waals surface area contributed by atoms with Gasteiger partial charge in [-0.25, -0.2) is 9.78 Å². The van der Waals surface area contributed by atoms with Gasteiger partial charge in [-0.3, -0.25) is 0 Å². The number of amides is 1. The largest absolute Gasteiger partial charge is 0.441 e. The van der Waals surface area contributed by atoms with Gasteiger partial charge in [0, 0.05) is 13.1 Å². The Kier molecular flexibility index (Phi) is 4.98. The molecule has 1 amide bonds. The second kappa shape index (κ2) is 7.21. The zero-order chi connectivity index (χ0) is 20.8. The van der Waals surface area contributed by atoms with Gasteiger partial charge in [0.05, 0.1) is 35.0 Å². The fraction of sp³-hybridized carbons (Fsp3) is 0.591. The number of hydrogen-bond donors (Lipinski definition) is 0. The molecule has 1 spiro atoms. The maximum absolute atomic E-state index is 12.5. The fourth-order valence-corrected chi connectivity index (χ4v) is 5.10. The van der Waals surface area contributed by atoms with Crippen molar-refractivity contribution in [3.05, 3.63) is 29.0 Å². The first-order chi connectivity index (χ1) is 13.7. The van der Waals surface area contributed by atoms with Crippen molar-refractivity contribution in [1.29, 1.82) is 5.26 Å². The van der Waals surface area contributed by atoms with Gasteiger partial charge in [-0.1, -0.05) is 32.4 Å². The van der Waals surface area contributed by atoms with Gasteiger partial charge in [-0.2, -0.15) is 5.26 Å². The molecule has 2 atom stereocenters. The van der Waals surface area contributed by atoms with Gasteiger partial charge in [0.25, 0.3) is 0 Å². The molecule has 1 saturated heterocycles. The molecule has 0 bridgehead atoms. The molecule has 1 saturated carbocycles. The summed E-state index contributed by atoms with van der Waals surface area (Å²) in [7, 11) is 0. The molecule has 29 heavy (non-hydrogen) atoms. The fourth-order valence-electron chi connectivity index (χ4n) is 4.83. The van der Waals surface area contributed by atoms with Crippen molar-refractivity contribution in [3.8, 4) is 6.07 Å². The molecule has 2 fully saturated rings. The summed E-state index contributed by atoms with van der Waals surface area (Å²) in [6.07, 6.45) is 5.52. The number of nitriles is 1. The van der Waals surface area contributed by atoms with Crippen molar-refractivity contribution >= 4 is 28.7 Å². The van der Waals surface area contributed by atoms with Crippen LogP contribution in [0.25, 0.3) is 11.0 Å². The highest BCUT2D eigenvalue weighted by molar-refractivity contribution is 6.35. The van der Waals surface area contributed by atoms with Gasteiger partial charge in [0.1, 0.15) is 11.1 Å². The van der Waals surface area contributed by atoms with Crippen LogP contribution < -0.4 is 0 Å². The summed E-state index contributed by atoms with van der Waals surface area (Å²) in [5.74, 6) is 0.382. The van der Waals surface area contributed by atoms with Crippen LogP contribution in [-0.2, 0) is 11.3 Å². The van der Waals surface area contributed by atoms with E-state index in [9.17, 15) is 10.1 Å². The van der Waals surface area contributed by atoms with Crippen molar-refractivity contribution in [1.82, 2.24) is 14.5 Å². The Hall–Kier alpha value is -2.26. The summed E-state index contributed by atoms with van der Waals surface area (Å²) in [5, 5.41) is 9.75. The average Bonchev–Trinajstić information content (AvgIpc) is 3.15. The first kappa shape index (κ1) is 20.0. The van der Waals surface area contributed by atoms with Crippen molar-refractivity contribution in [2.24, 2.45) is 11.3 Å². The lowest BCUT2D eigenvalue weighted by Gasteiger charge is -2.36. The number of fused-ring (bicyclic) bond motifs is 1. The van der Waals surface area contributed by atoms with E-state index < -0.39 is 0 Å². The third-order valence-electron chi connectivity index (χ3n) is 5.87. The number of rotatable bonds is 3. The zero-order valence-electron chi connectivity index (χ0n) is 17.2. The van der Waals surface area contributed by atoms with Crippen LogP contribution >= 0.6 is 11.6 Å². The summed E-state index contributed by atoms with van der Waals surface area (Å²) in [6.45, 7) is 8.58. The van der Waals surface area contributed by atoms with Gasteiger partial charge in [0.2, 0.25) is 0 Å². The highest BCUT2D eigenvalue weighted by Crippen LogP contribution is 2.41. The second-order valence-corrected chi connectivity index (χ2v) is 10.2.